The molecule has 1 aromatic rings. The van der Waals surface area contributed by atoms with Crippen molar-refractivity contribution in [3.05, 3.63) is 0 Å². The van der Waals surface area contributed by atoms with Crippen LogP contribution in [-0.4, -0.2) is 33.1 Å². The molecule has 3 aliphatic carbocycles. The summed E-state index contributed by atoms with van der Waals surface area (Å²) >= 11 is 0. The molecule has 1 heterocycles. The number of hydrogen-bond acceptors (Lipinski definition) is 6. The average molecular weight is 415 g/mol. The van der Waals surface area contributed by atoms with Crippen LogP contribution in [0.3, 0.4) is 0 Å². The average Bonchev–Trinajstić information content (AvgIpc) is 2.68. The van der Waals surface area contributed by atoms with Gasteiger partial charge in [-0.25, -0.2) is 0 Å². The maximum Gasteiger partial charge on any atom is 0.229 e. The van der Waals surface area contributed by atoms with Crippen LogP contribution in [0.2, 0.25) is 0 Å². The molecule has 6 nitrogen and oxygen atoms in total. The molecule has 0 spiro atoms. The molecule has 4 rings (SSSR count). The van der Waals surface area contributed by atoms with Crippen LogP contribution in [0.25, 0.3) is 0 Å². The second-order valence-corrected chi connectivity index (χ2v) is 10.6. The topological polar surface area (TPSA) is 74.8 Å². The number of hydrogen-bond donors (Lipinski definition) is 3. The van der Waals surface area contributed by atoms with Crippen molar-refractivity contribution in [2.75, 3.05) is 16.0 Å². The Morgan fingerprint density at radius 3 is 1.07 bits per heavy atom. The molecular formula is C24H42N6. The van der Waals surface area contributed by atoms with Gasteiger partial charge in [-0.15, -0.1) is 0 Å². The molecule has 3 saturated carbocycles. The molecule has 30 heavy (non-hydrogen) atoms. The van der Waals surface area contributed by atoms with E-state index in [0.717, 1.165) is 35.6 Å². The van der Waals surface area contributed by atoms with E-state index in [4.69, 9.17) is 15.0 Å². The van der Waals surface area contributed by atoms with Crippen LogP contribution in [0.4, 0.5) is 17.8 Å². The van der Waals surface area contributed by atoms with E-state index in [1.54, 1.807) is 0 Å². The Morgan fingerprint density at radius 2 is 0.800 bits per heavy atom. The summed E-state index contributed by atoms with van der Waals surface area (Å²) < 4.78 is 0. The quantitative estimate of drug-likeness (QED) is 0.543. The van der Waals surface area contributed by atoms with Crippen molar-refractivity contribution < 1.29 is 0 Å². The summed E-state index contributed by atoms with van der Waals surface area (Å²) in [5, 5.41) is 10.9. The first kappa shape index (κ1) is 21.6. The van der Waals surface area contributed by atoms with E-state index >= 15 is 0 Å². The molecule has 0 bridgehead atoms. The van der Waals surface area contributed by atoms with Gasteiger partial charge < -0.3 is 16.0 Å². The lowest BCUT2D eigenvalue weighted by Crippen LogP contribution is -2.31. The maximum atomic E-state index is 4.80. The summed E-state index contributed by atoms with van der Waals surface area (Å²) in [6, 6.07) is 1.42. The fraction of sp³-hybridized carbons (Fsp3) is 0.875. The van der Waals surface area contributed by atoms with Gasteiger partial charge in [-0.3, -0.25) is 0 Å². The first-order chi connectivity index (χ1) is 14.5. The Balaban J connectivity index is 1.48. The molecule has 3 fully saturated rings. The van der Waals surface area contributed by atoms with Crippen LogP contribution < -0.4 is 16.0 Å². The third-order valence-electron chi connectivity index (χ3n) is 7.44. The first-order valence-corrected chi connectivity index (χ1v) is 12.6. The molecule has 0 radical (unpaired) electrons. The van der Waals surface area contributed by atoms with Gasteiger partial charge in [0.05, 0.1) is 0 Å². The van der Waals surface area contributed by atoms with Crippen molar-refractivity contribution in [2.45, 2.75) is 116 Å². The molecule has 3 N–H and O–H groups in total. The van der Waals surface area contributed by atoms with Gasteiger partial charge in [-0.2, -0.15) is 15.0 Å². The Labute approximate surface area is 182 Å². The van der Waals surface area contributed by atoms with Crippen LogP contribution in [-0.2, 0) is 0 Å². The smallest absolute Gasteiger partial charge is 0.229 e. The number of rotatable bonds is 6. The van der Waals surface area contributed by atoms with E-state index in [0.29, 0.717) is 18.1 Å². The second kappa shape index (κ2) is 10.1. The van der Waals surface area contributed by atoms with Gasteiger partial charge in [0.15, 0.2) is 0 Å². The van der Waals surface area contributed by atoms with Gasteiger partial charge in [0.1, 0.15) is 0 Å². The molecule has 0 aromatic carbocycles. The molecule has 168 valence electrons. The molecule has 0 amide bonds. The number of anilines is 3. The molecule has 0 aliphatic heterocycles. The third kappa shape index (κ3) is 6.21. The lowest BCUT2D eigenvalue weighted by atomic mass is 9.87. The monoisotopic (exact) mass is 414 g/mol. The van der Waals surface area contributed by atoms with Crippen LogP contribution in [0.1, 0.15) is 97.8 Å². The van der Waals surface area contributed by atoms with Gasteiger partial charge in [0.25, 0.3) is 0 Å². The van der Waals surface area contributed by atoms with Crippen molar-refractivity contribution in [3.8, 4) is 0 Å². The van der Waals surface area contributed by atoms with Gasteiger partial charge in [-0.05, 0) is 56.3 Å². The highest BCUT2D eigenvalue weighted by Crippen LogP contribution is 2.29. The molecule has 6 atom stereocenters. The lowest BCUT2D eigenvalue weighted by Gasteiger charge is -2.30. The second-order valence-electron chi connectivity index (χ2n) is 10.6. The third-order valence-corrected chi connectivity index (χ3v) is 7.44. The molecule has 3 aliphatic rings. The molecule has 6 unspecified atom stereocenters. The summed E-state index contributed by atoms with van der Waals surface area (Å²) in [4.78, 5) is 14.4. The predicted octanol–water partition coefficient (Wildman–Crippen LogP) is 5.84. The zero-order valence-corrected chi connectivity index (χ0v) is 19.3. The predicted molar refractivity (Wildman–Crippen MR) is 125 cm³/mol. The summed E-state index contributed by atoms with van der Waals surface area (Å²) in [7, 11) is 0. The fourth-order valence-electron chi connectivity index (χ4n) is 5.81. The SMILES string of the molecule is CC1CCCC(Nc2nc(NC3CCCC(C)C3)nc(NC3CCCC(C)C3)n2)C1. The van der Waals surface area contributed by atoms with Crippen molar-refractivity contribution in [2.24, 2.45) is 17.8 Å². The minimum Gasteiger partial charge on any atom is -0.351 e. The van der Waals surface area contributed by atoms with E-state index in [2.05, 4.69) is 36.7 Å². The Morgan fingerprint density at radius 1 is 0.500 bits per heavy atom. The Hall–Kier alpha value is -1.59. The van der Waals surface area contributed by atoms with Crippen LogP contribution in [0.5, 0.6) is 0 Å². The van der Waals surface area contributed by atoms with Crippen molar-refractivity contribution in [3.63, 3.8) is 0 Å². The Bertz CT molecular complexity index is 577. The van der Waals surface area contributed by atoms with E-state index < -0.39 is 0 Å². The van der Waals surface area contributed by atoms with Crippen molar-refractivity contribution >= 4 is 17.8 Å². The molecule has 1 aromatic heterocycles. The maximum absolute atomic E-state index is 4.80. The highest BCUT2D eigenvalue weighted by atomic mass is 15.3. The van der Waals surface area contributed by atoms with Crippen molar-refractivity contribution in [1.82, 2.24) is 15.0 Å². The lowest BCUT2D eigenvalue weighted by molar-refractivity contribution is 0.355. The molecule has 6 heteroatoms. The van der Waals surface area contributed by atoms with Gasteiger partial charge in [0, 0.05) is 18.1 Å². The van der Waals surface area contributed by atoms with Gasteiger partial charge >= 0.3 is 0 Å². The van der Waals surface area contributed by atoms with E-state index in [1.165, 1.54) is 77.0 Å². The summed E-state index contributed by atoms with van der Waals surface area (Å²) in [5.41, 5.74) is 0. The van der Waals surface area contributed by atoms with Crippen LogP contribution in [0, 0.1) is 17.8 Å². The van der Waals surface area contributed by atoms with E-state index in [-0.39, 0.29) is 0 Å². The minimum atomic E-state index is 0.473. The molecule has 0 saturated heterocycles. The van der Waals surface area contributed by atoms with Crippen molar-refractivity contribution in [1.29, 1.82) is 0 Å². The standard InChI is InChI=1S/C24H42N6/c1-16-7-4-10-19(13-16)25-22-28-23(26-20-11-5-8-17(2)14-20)30-24(29-22)27-21-12-6-9-18(3)15-21/h16-21H,4-15H2,1-3H3,(H3,25,26,27,28,29,30). The normalized spacial score (nSPS) is 34.9. The van der Waals surface area contributed by atoms with Gasteiger partial charge in [0.2, 0.25) is 17.8 Å². The minimum absolute atomic E-state index is 0.473. The van der Waals surface area contributed by atoms with Crippen LogP contribution in [0.15, 0.2) is 0 Å². The van der Waals surface area contributed by atoms with Gasteiger partial charge in [-0.1, -0.05) is 59.3 Å². The highest BCUT2D eigenvalue weighted by molar-refractivity contribution is 5.43. The number of nitrogens with zero attached hydrogens (tertiary/aromatic N) is 3. The largest absolute Gasteiger partial charge is 0.351 e. The number of aromatic nitrogens is 3. The Kier molecular flexibility index (Phi) is 7.32. The summed E-state index contributed by atoms with van der Waals surface area (Å²) in [6.07, 6.45) is 15.1. The molecular weight excluding hydrogens is 372 g/mol. The fourth-order valence-corrected chi connectivity index (χ4v) is 5.81. The van der Waals surface area contributed by atoms with Crippen LogP contribution >= 0.6 is 0 Å². The zero-order chi connectivity index (χ0) is 20.9. The summed E-state index contributed by atoms with van der Waals surface area (Å²) in [5.74, 6) is 4.55. The van der Waals surface area contributed by atoms with E-state index in [1.807, 2.05) is 0 Å². The summed E-state index contributed by atoms with van der Waals surface area (Å²) in [6.45, 7) is 7.07. The highest BCUT2D eigenvalue weighted by Gasteiger charge is 2.24. The van der Waals surface area contributed by atoms with E-state index in [9.17, 15) is 0 Å². The number of nitrogens with one attached hydrogen (secondary N) is 3. The zero-order valence-electron chi connectivity index (χ0n) is 19.3. The first-order valence-electron chi connectivity index (χ1n) is 12.6.